The third kappa shape index (κ3) is 3.38. The Labute approximate surface area is 131 Å². The van der Waals surface area contributed by atoms with Gasteiger partial charge in [0.1, 0.15) is 0 Å². The number of rotatable bonds is 3. The molecule has 0 unspecified atom stereocenters. The average molecular weight is 300 g/mol. The number of carboxylic acids is 1. The maximum Gasteiger partial charge on any atom is 0.228 e. The van der Waals surface area contributed by atoms with E-state index in [4.69, 9.17) is 0 Å². The molecule has 0 aromatic heterocycles. The highest BCUT2D eigenvalue weighted by Crippen LogP contribution is 2.34. The molecule has 1 aromatic carbocycles. The molecule has 0 radical (unpaired) electrons. The Morgan fingerprint density at radius 1 is 1.00 bits per heavy atom. The zero-order valence-corrected chi connectivity index (χ0v) is 13.5. The van der Waals surface area contributed by atoms with Gasteiger partial charge < -0.3 is 15.2 Å². The van der Waals surface area contributed by atoms with E-state index in [1.165, 1.54) is 0 Å². The first-order chi connectivity index (χ1) is 10.3. The molecule has 0 bridgehead atoms. The Kier molecular flexibility index (Phi) is 4.69. The van der Waals surface area contributed by atoms with Gasteiger partial charge in [-0.15, -0.1) is 0 Å². The van der Waals surface area contributed by atoms with Gasteiger partial charge in [-0.1, -0.05) is 17.2 Å². The lowest BCUT2D eigenvalue weighted by Gasteiger charge is -2.32. The van der Waals surface area contributed by atoms with Gasteiger partial charge in [-0.3, -0.25) is 4.79 Å². The van der Waals surface area contributed by atoms with Crippen LogP contribution in [0.25, 0.3) is 0 Å². The van der Waals surface area contributed by atoms with Crippen LogP contribution in [0.5, 0.6) is 0 Å². The van der Waals surface area contributed by atoms with E-state index < -0.39 is 17.8 Å². The summed E-state index contributed by atoms with van der Waals surface area (Å²) >= 11 is 0. The van der Waals surface area contributed by atoms with Gasteiger partial charge in [-0.2, -0.15) is 0 Å². The number of hydrogen-bond acceptors (Lipinski definition) is 3. The topological polar surface area (TPSA) is 69.2 Å². The largest absolute Gasteiger partial charge is 0.550 e. The van der Waals surface area contributed by atoms with Crippen LogP contribution in [0.15, 0.2) is 29.3 Å². The normalized spacial score (nSPS) is 21.6. The number of carboxylic acid groups (broad SMARTS) is 1. The highest BCUT2D eigenvalue weighted by atomic mass is 16.4. The maximum absolute atomic E-state index is 12.5. The van der Waals surface area contributed by atoms with Crippen molar-refractivity contribution >= 4 is 17.6 Å². The van der Waals surface area contributed by atoms with E-state index in [0.29, 0.717) is 18.5 Å². The fourth-order valence-electron chi connectivity index (χ4n) is 2.87. The Morgan fingerprint density at radius 3 is 2.14 bits per heavy atom. The van der Waals surface area contributed by atoms with E-state index in [9.17, 15) is 14.7 Å². The highest BCUT2D eigenvalue weighted by molar-refractivity contribution is 5.95. The van der Waals surface area contributed by atoms with Gasteiger partial charge in [0.05, 0.1) is 5.92 Å². The van der Waals surface area contributed by atoms with Gasteiger partial charge in [-0.25, -0.2) is 0 Å². The molecule has 4 heteroatoms. The van der Waals surface area contributed by atoms with E-state index in [1.807, 2.05) is 45.9 Å². The zero-order chi connectivity index (χ0) is 16.4. The van der Waals surface area contributed by atoms with Crippen molar-refractivity contribution in [2.24, 2.45) is 11.8 Å². The van der Waals surface area contributed by atoms with Crippen molar-refractivity contribution in [3.05, 3.63) is 40.5 Å². The molecule has 1 aliphatic rings. The summed E-state index contributed by atoms with van der Waals surface area (Å²) in [5.74, 6) is -2.72. The number of hydrogen-bond donors (Lipinski definition) is 1. The summed E-state index contributed by atoms with van der Waals surface area (Å²) in [6, 6.07) is 5.68. The standard InChI is InChI=1S/C18H23NO3/c1-10-5-6-14(7-11(10)2)19-17(20)15-8-12(3)13(4)9-16(15)18(21)22/h5-7,15-16H,8-9H2,1-4H3,(H,19,20)(H,21,22)/p-1/t15-,16-/m0/s1. The minimum atomic E-state index is -1.15. The van der Waals surface area contributed by atoms with Crippen LogP contribution < -0.4 is 10.4 Å². The van der Waals surface area contributed by atoms with Crippen LogP contribution in [0.2, 0.25) is 0 Å². The van der Waals surface area contributed by atoms with Crippen LogP contribution in [-0.4, -0.2) is 11.9 Å². The molecule has 1 amide bonds. The number of anilines is 1. The molecule has 1 aromatic rings. The minimum Gasteiger partial charge on any atom is -0.550 e. The van der Waals surface area contributed by atoms with Crippen molar-refractivity contribution in [2.45, 2.75) is 40.5 Å². The summed E-state index contributed by atoms with van der Waals surface area (Å²) in [6.45, 7) is 7.86. The van der Waals surface area contributed by atoms with Crippen molar-refractivity contribution in [2.75, 3.05) is 5.32 Å². The summed E-state index contributed by atoms with van der Waals surface area (Å²) in [4.78, 5) is 23.9. The summed E-state index contributed by atoms with van der Waals surface area (Å²) < 4.78 is 0. The highest BCUT2D eigenvalue weighted by Gasteiger charge is 2.33. The maximum atomic E-state index is 12.5. The number of amides is 1. The van der Waals surface area contributed by atoms with Crippen LogP contribution >= 0.6 is 0 Å². The summed E-state index contributed by atoms with van der Waals surface area (Å²) in [5.41, 5.74) is 5.08. The van der Waals surface area contributed by atoms with E-state index in [2.05, 4.69) is 5.32 Å². The molecule has 2 rings (SSSR count). The minimum absolute atomic E-state index is 0.246. The van der Waals surface area contributed by atoms with Crippen molar-refractivity contribution < 1.29 is 14.7 Å². The quantitative estimate of drug-likeness (QED) is 0.871. The van der Waals surface area contributed by atoms with Crippen molar-refractivity contribution in [3.8, 4) is 0 Å². The Morgan fingerprint density at radius 2 is 1.59 bits per heavy atom. The van der Waals surface area contributed by atoms with Crippen LogP contribution in [0, 0.1) is 25.7 Å². The molecule has 0 aliphatic heterocycles. The number of carbonyl (C=O) groups is 2. The van der Waals surface area contributed by atoms with Crippen LogP contribution in [0.4, 0.5) is 5.69 Å². The van der Waals surface area contributed by atoms with Crippen LogP contribution in [0.1, 0.15) is 37.8 Å². The van der Waals surface area contributed by atoms with Gasteiger partial charge in [0, 0.05) is 17.6 Å². The molecule has 2 atom stereocenters. The number of allylic oxidation sites excluding steroid dienone is 2. The number of aliphatic carboxylic acids is 1. The van der Waals surface area contributed by atoms with E-state index in [0.717, 1.165) is 22.3 Å². The third-order valence-electron chi connectivity index (χ3n) is 4.68. The second-order valence-corrected chi connectivity index (χ2v) is 6.29. The van der Waals surface area contributed by atoms with Gasteiger partial charge in [-0.05, 0) is 63.8 Å². The van der Waals surface area contributed by atoms with Gasteiger partial charge in [0.15, 0.2) is 0 Å². The second-order valence-electron chi connectivity index (χ2n) is 6.29. The van der Waals surface area contributed by atoms with E-state index >= 15 is 0 Å². The molecule has 4 nitrogen and oxygen atoms in total. The lowest BCUT2D eigenvalue weighted by molar-refractivity contribution is -0.313. The number of nitrogens with one attached hydrogen (secondary N) is 1. The first-order valence-corrected chi connectivity index (χ1v) is 7.53. The van der Waals surface area contributed by atoms with Crippen molar-refractivity contribution in [1.29, 1.82) is 0 Å². The van der Waals surface area contributed by atoms with Crippen LogP contribution in [0.3, 0.4) is 0 Å². The molecule has 118 valence electrons. The Hall–Kier alpha value is -2.10. The Bertz CT molecular complexity index is 646. The fraction of sp³-hybridized carbons (Fsp3) is 0.444. The van der Waals surface area contributed by atoms with Crippen molar-refractivity contribution in [1.82, 2.24) is 0 Å². The lowest BCUT2D eigenvalue weighted by atomic mass is 9.76. The molecule has 22 heavy (non-hydrogen) atoms. The lowest BCUT2D eigenvalue weighted by Crippen LogP contribution is -2.42. The van der Waals surface area contributed by atoms with E-state index in [-0.39, 0.29) is 5.91 Å². The molecule has 0 heterocycles. The third-order valence-corrected chi connectivity index (χ3v) is 4.68. The summed E-state index contributed by atoms with van der Waals surface area (Å²) in [7, 11) is 0. The predicted molar refractivity (Wildman–Crippen MR) is 84.1 cm³/mol. The number of benzene rings is 1. The van der Waals surface area contributed by atoms with Crippen LogP contribution in [-0.2, 0) is 9.59 Å². The molecule has 0 saturated heterocycles. The Balaban J connectivity index is 2.19. The molecular formula is C18H22NO3-. The zero-order valence-electron chi connectivity index (χ0n) is 13.5. The molecular weight excluding hydrogens is 278 g/mol. The fourth-order valence-corrected chi connectivity index (χ4v) is 2.87. The molecule has 0 spiro atoms. The van der Waals surface area contributed by atoms with E-state index in [1.54, 1.807) is 0 Å². The molecule has 1 aliphatic carbocycles. The van der Waals surface area contributed by atoms with Gasteiger partial charge in [0.25, 0.3) is 0 Å². The first-order valence-electron chi connectivity index (χ1n) is 7.53. The monoisotopic (exact) mass is 300 g/mol. The number of aryl methyl sites for hydroxylation is 2. The average Bonchev–Trinajstić information content (AvgIpc) is 2.45. The SMILES string of the molecule is CC1=C(C)C[C@H](C(=O)Nc2ccc(C)c(C)c2)[C@@H](C(=O)[O-])C1. The summed E-state index contributed by atoms with van der Waals surface area (Å²) in [5, 5.41) is 14.2. The predicted octanol–water partition coefficient (Wildman–Crippen LogP) is 2.35. The van der Waals surface area contributed by atoms with Gasteiger partial charge in [0.2, 0.25) is 5.91 Å². The smallest absolute Gasteiger partial charge is 0.228 e. The molecule has 0 saturated carbocycles. The molecule has 0 fully saturated rings. The summed E-state index contributed by atoms with van der Waals surface area (Å²) in [6.07, 6.45) is 0.861. The van der Waals surface area contributed by atoms with Gasteiger partial charge >= 0.3 is 0 Å². The first kappa shape index (κ1) is 16.3. The molecule has 1 N–H and O–H groups in total. The van der Waals surface area contributed by atoms with Crippen molar-refractivity contribution in [3.63, 3.8) is 0 Å². The number of carbonyl (C=O) groups excluding carboxylic acids is 2. The second kappa shape index (κ2) is 6.34.